The van der Waals surface area contributed by atoms with E-state index in [1.165, 1.54) is 4.90 Å². The van der Waals surface area contributed by atoms with Crippen LogP contribution >= 0.6 is 34.9 Å². The normalized spacial score (nSPS) is 19.8. The van der Waals surface area contributed by atoms with E-state index in [0.717, 1.165) is 20.7 Å². The zero-order valence-electron chi connectivity index (χ0n) is 14.5. The van der Waals surface area contributed by atoms with Crippen LogP contribution in [0.2, 0.25) is 0 Å². The number of Topliss-reactive ketones (excluding diaryl/α,β-unsaturated/α-hetero) is 1. The SMILES string of the molecule is CC(=O)C1C(C)=NC(SCSc2ccccc2)=C(C#N)[C@@H]1c1cccs1. The maximum Gasteiger partial charge on any atom is 0.139 e. The summed E-state index contributed by atoms with van der Waals surface area (Å²) in [6.45, 7) is 3.48. The van der Waals surface area contributed by atoms with Gasteiger partial charge in [0.1, 0.15) is 10.8 Å². The third-order valence-electron chi connectivity index (χ3n) is 4.18. The molecule has 0 fully saturated rings. The molecule has 1 aliphatic heterocycles. The molecule has 132 valence electrons. The minimum absolute atomic E-state index is 0.0557. The van der Waals surface area contributed by atoms with E-state index in [2.05, 4.69) is 23.2 Å². The first kappa shape index (κ1) is 19.0. The van der Waals surface area contributed by atoms with Crippen molar-refractivity contribution in [1.82, 2.24) is 0 Å². The molecular weight excluding hydrogens is 380 g/mol. The van der Waals surface area contributed by atoms with E-state index in [1.54, 1.807) is 41.8 Å². The molecule has 0 N–H and O–H groups in total. The second-order valence-corrected chi connectivity index (χ2v) is 9.24. The first-order valence-electron chi connectivity index (χ1n) is 8.15. The predicted octanol–water partition coefficient (Wildman–Crippen LogP) is 5.73. The highest BCUT2D eigenvalue weighted by Crippen LogP contribution is 2.44. The average molecular weight is 399 g/mol. The summed E-state index contributed by atoms with van der Waals surface area (Å²) in [4.78, 5) is 19.1. The molecule has 0 saturated heterocycles. The minimum Gasteiger partial charge on any atom is -0.299 e. The maximum atomic E-state index is 12.3. The van der Waals surface area contributed by atoms with Gasteiger partial charge < -0.3 is 0 Å². The van der Waals surface area contributed by atoms with Gasteiger partial charge in [-0.05, 0) is 37.4 Å². The number of hydrogen-bond donors (Lipinski definition) is 0. The summed E-state index contributed by atoms with van der Waals surface area (Å²) in [5.74, 6) is -0.520. The van der Waals surface area contributed by atoms with Crippen LogP contribution in [0.1, 0.15) is 24.6 Å². The number of thioether (sulfide) groups is 2. The lowest BCUT2D eigenvalue weighted by molar-refractivity contribution is -0.119. The minimum atomic E-state index is -0.352. The summed E-state index contributed by atoms with van der Waals surface area (Å²) in [6, 6.07) is 16.5. The molecule has 1 aromatic heterocycles. The van der Waals surface area contributed by atoms with Crippen molar-refractivity contribution in [2.75, 3.05) is 5.08 Å². The van der Waals surface area contributed by atoms with Crippen LogP contribution in [0.25, 0.3) is 0 Å². The Morgan fingerprint density at radius 1 is 1.23 bits per heavy atom. The molecule has 2 aromatic rings. The molecule has 1 aliphatic rings. The molecule has 0 saturated carbocycles. The lowest BCUT2D eigenvalue weighted by Gasteiger charge is -2.29. The number of hydrogen-bond acceptors (Lipinski definition) is 6. The van der Waals surface area contributed by atoms with Crippen LogP contribution in [-0.4, -0.2) is 16.6 Å². The molecule has 0 amide bonds. The third-order valence-corrected chi connectivity index (χ3v) is 7.26. The van der Waals surface area contributed by atoms with E-state index in [0.29, 0.717) is 5.57 Å². The van der Waals surface area contributed by atoms with E-state index in [9.17, 15) is 10.1 Å². The van der Waals surface area contributed by atoms with E-state index in [4.69, 9.17) is 0 Å². The predicted molar refractivity (Wildman–Crippen MR) is 112 cm³/mol. The Morgan fingerprint density at radius 2 is 2.00 bits per heavy atom. The molecule has 0 spiro atoms. The van der Waals surface area contributed by atoms with Gasteiger partial charge in [-0.25, -0.2) is 4.99 Å². The number of benzene rings is 1. The van der Waals surface area contributed by atoms with Crippen molar-refractivity contribution in [3.63, 3.8) is 0 Å². The summed E-state index contributed by atoms with van der Waals surface area (Å²) in [5, 5.41) is 13.3. The van der Waals surface area contributed by atoms with Crippen LogP contribution in [0.3, 0.4) is 0 Å². The Bertz CT molecular complexity index is 880. The average Bonchev–Trinajstić information content (AvgIpc) is 3.16. The van der Waals surface area contributed by atoms with Crippen LogP contribution < -0.4 is 0 Å². The maximum absolute atomic E-state index is 12.3. The highest BCUT2D eigenvalue weighted by atomic mass is 32.2. The van der Waals surface area contributed by atoms with E-state index >= 15 is 0 Å². The summed E-state index contributed by atoms with van der Waals surface area (Å²) in [6.07, 6.45) is 0. The fourth-order valence-corrected chi connectivity index (χ4v) is 6.02. The number of allylic oxidation sites excluding steroid dienone is 1. The largest absolute Gasteiger partial charge is 0.299 e. The van der Waals surface area contributed by atoms with Gasteiger partial charge in [0, 0.05) is 21.4 Å². The number of aliphatic imine (C=N–C) groups is 1. The molecule has 6 heteroatoms. The third kappa shape index (κ3) is 4.12. The van der Waals surface area contributed by atoms with Crippen LogP contribution in [0.5, 0.6) is 0 Å². The number of rotatable bonds is 6. The second-order valence-electron chi connectivity index (χ2n) is 5.88. The van der Waals surface area contributed by atoms with Crippen molar-refractivity contribution in [3.05, 3.63) is 63.3 Å². The summed E-state index contributed by atoms with van der Waals surface area (Å²) >= 11 is 4.88. The molecule has 26 heavy (non-hydrogen) atoms. The van der Waals surface area contributed by atoms with Gasteiger partial charge in [-0.2, -0.15) is 5.26 Å². The van der Waals surface area contributed by atoms with Crippen molar-refractivity contribution in [1.29, 1.82) is 5.26 Å². The molecule has 0 aliphatic carbocycles. The zero-order chi connectivity index (χ0) is 18.5. The molecule has 3 rings (SSSR count). The van der Waals surface area contributed by atoms with E-state index in [1.807, 2.05) is 42.6 Å². The Morgan fingerprint density at radius 3 is 2.62 bits per heavy atom. The molecule has 2 atom stereocenters. The van der Waals surface area contributed by atoms with Crippen LogP contribution in [0.15, 0.2) is 68.3 Å². The van der Waals surface area contributed by atoms with Gasteiger partial charge in [-0.3, -0.25) is 4.79 Å². The summed E-state index contributed by atoms with van der Waals surface area (Å²) in [5.41, 5.74) is 1.40. The molecule has 3 nitrogen and oxygen atoms in total. The lowest BCUT2D eigenvalue weighted by atomic mass is 9.79. The van der Waals surface area contributed by atoms with Crippen molar-refractivity contribution in [3.8, 4) is 6.07 Å². The molecule has 2 heterocycles. The standard InChI is InChI=1S/C20H18N2OS3/c1-13-18(14(2)23)19(17-9-6-10-24-17)16(11-21)20(22-13)26-12-25-15-7-4-3-5-8-15/h3-10,18-19H,12H2,1-2H3/t18?,19-/m1/s1. The molecule has 0 radical (unpaired) electrons. The first-order chi connectivity index (χ1) is 12.6. The molecule has 1 unspecified atom stereocenters. The quantitative estimate of drug-likeness (QED) is 0.460. The van der Waals surface area contributed by atoms with Gasteiger partial charge in [0.25, 0.3) is 0 Å². The molecule has 1 aromatic carbocycles. The molecule has 0 bridgehead atoms. The molecular formula is C20H18N2OS3. The second kappa shape index (κ2) is 8.72. The Hall–Kier alpha value is -1.81. The fraction of sp³-hybridized carbons (Fsp3) is 0.250. The van der Waals surface area contributed by atoms with Crippen molar-refractivity contribution in [2.24, 2.45) is 10.9 Å². The highest BCUT2D eigenvalue weighted by Gasteiger charge is 2.38. The zero-order valence-corrected chi connectivity index (χ0v) is 17.0. The van der Waals surface area contributed by atoms with Gasteiger partial charge in [-0.1, -0.05) is 36.0 Å². The van der Waals surface area contributed by atoms with Gasteiger partial charge in [0.05, 0.1) is 22.6 Å². The Balaban J connectivity index is 1.88. The number of carbonyl (C=O) groups is 1. The van der Waals surface area contributed by atoms with E-state index in [-0.39, 0.29) is 17.6 Å². The van der Waals surface area contributed by atoms with Crippen molar-refractivity contribution >= 4 is 46.4 Å². The summed E-state index contributed by atoms with van der Waals surface area (Å²) < 4.78 is 0. The summed E-state index contributed by atoms with van der Waals surface area (Å²) in [7, 11) is 0. The van der Waals surface area contributed by atoms with Crippen molar-refractivity contribution < 1.29 is 4.79 Å². The van der Waals surface area contributed by atoms with Gasteiger partial charge in [0.2, 0.25) is 0 Å². The lowest BCUT2D eigenvalue weighted by Crippen LogP contribution is -2.30. The first-order valence-corrected chi connectivity index (χ1v) is 11.0. The Labute approximate surface area is 166 Å². The number of carbonyl (C=O) groups excluding carboxylic acids is 1. The fourth-order valence-electron chi connectivity index (χ4n) is 3.03. The number of nitriles is 1. The number of nitrogens with zero attached hydrogens (tertiary/aromatic N) is 2. The number of ketones is 1. The van der Waals surface area contributed by atoms with Crippen LogP contribution in [-0.2, 0) is 4.79 Å². The van der Waals surface area contributed by atoms with E-state index < -0.39 is 0 Å². The van der Waals surface area contributed by atoms with Crippen molar-refractivity contribution in [2.45, 2.75) is 24.7 Å². The van der Waals surface area contributed by atoms with Gasteiger partial charge in [0.15, 0.2) is 0 Å². The van der Waals surface area contributed by atoms with Gasteiger partial charge in [-0.15, -0.1) is 23.1 Å². The van der Waals surface area contributed by atoms with Crippen LogP contribution in [0.4, 0.5) is 0 Å². The monoisotopic (exact) mass is 398 g/mol. The highest BCUT2D eigenvalue weighted by molar-refractivity contribution is 8.17. The smallest absolute Gasteiger partial charge is 0.139 e. The van der Waals surface area contributed by atoms with Crippen LogP contribution in [0, 0.1) is 17.2 Å². The topological polar surface area (TPSA) is 53.2 Å². The van der Waals surface area contributed by atoms with Gasteiger partial charge >= 0.3 is 0 Å². The Kier molecular flexibility index (Phi) is 6.36. The number of thiophene rings is 1.